The molecule has 1 aliphatic rings. The van der Waals surface area contributed by atoms with Gasteiger partial charge in [0.15, 0.2) is 5.75 Å². The Kier molecular flexibility index (Phi) is 10.4. The number of halogens is 5. The van der Waals surface area contributed by atoms with Crippen LogP contribution in [0.1, 0.15) is 36.3 Å². The standard InChI is InChI=1S/C29H25F5N2O8S/c30-22-23(31)25(33)27(26(34)24(22)32)44-28(38)20(36-21(37)14-45(40,41)42)11-5-6-12-35-29(39)43-13-19-17-9-3-1-7-15(17)16-8-2-4-10-18(16)19/h1-4,7-10,19-20H,5-6,11-14H2,(H,35,39)(H,36,37)(H,40,41,42). The van der Waals surface area contributed by atoms with E-state index in [1.54, 1.807) is 0 Å². The predicted molar refractivity (Wildman–Crippen MR) is 147 cm³/mol. The van der Waals surface area contributed by atoms with Crippen molar-refractivity contribution in [2.75, 3.05) is 18.9 Å². The fraction of sp³-hybridized carbons (Fsp3) is 0.276. The maximum absolute atomic E-state index is 14.0. The van der Waals surface area contributed by atoms with E-state index < -0.39 is 81.1 Å². The van der Waals surface area contributed by atoms with Crippen molar-refractivity contribution in [3.05, 3.63) is 88.7 Å². The van der Waals surface area contributed by atoms with Gasteiger partial charge in [0, 0.05) is 12.5 Å². The molecule has 0 saturated heterocycles. The molecule has 240 valence electrons. The average molecular weight is 657 g/mol. The minimum Gasteiger partial charge on any atom is -0.449 e. The summed E-state index contributed by atoms with van der Waals surface area (Å²) >= 11 is 0. The van der Waals surface area contributed by atoms with Crippen LogP contribution in [0.25, 0.3) is 11.1 Å². The van der Waals surface area contributed by atoms with Gasteiger partial charge in [0.2, 0.25) is 40.7 Å². The zero-order chi connectivity index (χ0) is 32.9. The third-order valence-corrected chi connectivity index (χ3v) is 7.46. The molecule has 1 aliphatic carbocycles. The van der Waals surface area contributed by atoms with Crippen LogP contribution < -0.4 is 15.4 Å². The summed E-state index contributed by atoms with van der Waals surface area (Å²) in [5.74, 6) is -18.9. The molecule has 3 aromatic rings. The number of hydrogen-bond acceptors (Lipinski definition) is 7. The Balaban J connectivity index is 1.32. The first kappa shape index (κ1) is 33.3. The molecule has 16 heteroatoms. The molecule has 0 saturated carbocycles. The topological polar surface area (TPSA) is 148 Å². The van der Waals surface area contributed by atoms with E-state index in [-0.39, 0.29) is 31.9 Å². The molecule has 0 bridgehead atoms. The van der Waals surface area contributed by atoms with Gasteiger partial charge in [-0.15, -0.1) is 0 Å². The van der Waals surface area contributed by atoms with Crippen LogP contribution in [-0.4, -0.2) is 55.9 Å². The maximum atomic E-state index is 14.0. The molecule has 3 aromatic carbocycles. The molecule has 10 nitrogen and oxygen atoms in total. The Morgan fingerprint density at radius 1 is 0.822 bits per heavy atom. The van der Waals surface area contributed by atoms with Crippen LogP contribution >= 0.6 is 0 Å². The second kappa shape index (κ2) is 14.0. The van der Waals surface area contributed by atoms with E-state index in [0.717, 1.165) is 22.3 Å². The summed E-state index contributed by atoms with van der Waals surface area (Å²) in [5, 5.41) is 4.38. The lowest BCUT2D eigenvalue weighted by Gasteiger charge is -2.18. The van der Waals surface area contributed by atoms with Crippen molar-refractivity contribution in [3.63, 3.8) is 0 Å². The predicted octanol–water partition coefficient (Wildman–Crippen LogP) is 4.37. The highest BCUT2D eigenvalue weighted by Crippen LogP contribution is 2.44. The van der Waals surface area contributed by atoms with Crippen molar-refractivity contribution >= 4 is 28.1 Å². The number of rotatable bonds is 12. The van der Waals surface area contributed by atoms with Crippen molar-refractivity contribution in [1.82, 2.24) is 10.6 Å². The Labute approximate surface area is 253 Å². The minimum absolute atomic E-state index is 0.00491. The molecule has 4 rings (SSSR count). The van der Waals surface area contributed by atoms with Gasteiger partial charge < -0.3 is 20.1 Å². The SMILES string of the molecule is O=C(CS(=O)(=O)O)NC(CCCCNC(=O)OCC1c2ccccc2-c2ccccc21)C(=O)Oc1c(F)c(F)c(F)c(F)c1F. The fourth-order valence-electron chi connectivity index (χ4n) is 4.81. The van der Waals surface area contributed by atoms with E-state index in [9.17, 15) is 44.8 Å². The van der Waals surface area contributed by atoms with Gasteiger partial charge in [-0.3, -0.25) is 9.35 Å². The van der Waals surface area contributed by atoms with Crippen molar-refractivity contribution in [1.29, 1.82) is 0 Å². The number of amides is 2. The van der Waals surface area contributed by atoms with Gasteiger partial charge in [-0.1, -0.05) is 48.5 Å². The quantitative estimate of drug-likeness (QED) is 0.0496. The summed E-state index contributed by atoms with van der Waals surface area (Å²) in [7, 11) is -4.85. The molecular formula is C29H25F5N2O8S. The number of esters is 1. The second-order valence-corrected chi connectivity index (χ2v) is 11.4. The minimum atomic E-state index is -4.85. The summed E-state index contributed by atoms with van der Waals surface area (Å²) in [5.41, 5.74) is 4.09. The summed E-state index contributed by atoms with van der Waals surface area (Å²) in [6, 6.07) is 13.6. The number of unbranched alkanes of at least 4 members (excludes halogenated alkanes) is 1. The Morgan fingerprint density at radius 3 is 1.91 bits per heavy atom. The molecule has 0 aliphatic heterocycles. The van der Waals surface area contributed by atoms with E-state index >= 15 is 0 Å². The lowest BCUT2D eigenvalue weighted by Crippen LogP contribution is -2.45. The molecule has 0 aromatic heterocycles. The zero-order valence-electron chi connectivity index (χ0n) is 23.1. The van der Waals surface area contributed by atoms with Gasteiger partial charge in [0.1, 0.15) is 12.6 Å². The fourth-order valence-corrected chi connectivity index (χ4v) is 5.22. The van der Waals surface area contributed by atoms with Gasteiger partial charge in [0.25, 0.3) is 10.1 Å². The summed E-state index contributed by atoms with van der Waals surface area (Å²) in [6.07, 6.45) is -1.02. The van der Waals surface area contributed by atoms with Crippen LogP contribution in [0, 0.1) is 29.1 Å². The maximum Gasteiger partial charge on any atom is 0.407 e. The monoisotopic (exact) mass is 656 g/mol. The number of hydrogen-bond donors (Lipinski definition) is 3. The average Bonchev–Trinajstić information content (AvgIpc) is 3.32. The van der Waals surface area contributed by atoms with Crippen molar-refractivity contribution < 1.29 is 58.8 Å². The first-order chi connectivity index (χ1) is 21.3. The van der Waals surface area contributed by atoms with Crippen LogP contribution in [0.15, 0.2) is 48.5 Å². The highest BCUT2D eigenvalue weighted by molar-refractivity contribution is 7.86. The lowest BCUT2D eigenvalue weighted by atomic mass is 9.98. The smallest absolute Gasteiger partial charge is 0.407 e. The van der Waals surface area contributed by atoms with Crippen molar-refractivity contribution in [2.45, 2.75) is 31.2 Å². The molecule has 1 atom stereocenters. The molecule has 0 spiro atoms. The van der Waals surface area contributed by atoms with Gasteiger partial charge >= 0.3 is 12.1 Å². The molecule has 3 N–H and O–H groups in total. The number of carbonyl (C=O) groups excluding carboxylic acids is 3. The van der Waals surface area contributed by atoms with Gasteiger partial charge in [-0.25, -0.2) is 22.8 Å². The van der Waals surface area contributed by atoms with E-state index in [1.165, 1.54) is 0 Å². The Bertz CT molecular complexity index is 1660. The Hall–Kier alpha value is -4.57. The first-order valence-corrected chi connectivity index (χ1v) is 15.0. The highest BCUT2D eigenvalue weighted by Gasteiger charge is 2.32. The van der Waals surface area contributed by atoms with Crippen LogP contribution in [-0.2, 0) is 24.4 Å². The third-order valence-electron chi connectivity index (χ3n) is 6.84. The van der Waals surface area contributed by atoms with E-state index in [0.29, 0.717) is 0 Å². The van der Waals surface area contributed by atoms with Crippen LogP contribution in [0.4, 0.5) is 26.7 Å². The number of carbonyl (C=O) groups is 3. The normalized spacial score (nSPS) is 13.0. The molecule has 0 radical (unpaired) electrons. The molecule has 2 amide bonds. The first-order valence-electron chi connectivity index (χ1n) is 13.3. The summed E-state index contributed by atoms with van der Waals surface area (Å²) in [6.45, 7) is 0.0420. The second-order valence-electron chi connectivity index (χ2n) is 9.91. The number of ether oxygens (including phenoxy) is 2. The number of fused-ring (bicyclic) bond motifs is 3. The molecule has 0 heterocycles. The third kappa shape index (κ3) is 7.94. The summed E-state index contributed by atoms with van der Waals surface area (Å²) < 4.78 is 109. The van der Waals surface area contributed by atoms with E-state index in [1.807, 2.05) is 53.8 Å². The van der Waals surface area contributed by atoms with Gasteiger partial charge in [-0.2, -0.15) is 17.2 Å². The van der Waals surface area contributed by atoms with Crippen molar-refractivity contribution in [2.24, 2.45) is 0 Å². The van der Waals surface area contributed by atoms with Crippen molar-refractivity contribution in [3.8, 4) is 16.9 Å². The van der Waals surface area contributed by atoms with E-state index in [4.69, 9.17) is 9.29 Å². The highest BCUT2D eigenvalue weighted by atomic mass is 32.2. The van der Waals surface area contributed by atoms with Crippen LogP contribution in [0.5, 0.6) is 5.75 Å². The largest absolute Gasteiger partial charge is 0.449 e. The zero-order valence-corrected chi connectivity index (χ0v) is 23.9. The van der Waals surface area contributed by atoms with Crippen LogP contribution in [0.2, 0.25) is 0 Å². The van der Waals surface area contributed by atoms with Crippen LogP contribution in [0.3, 0.4) is 0 Å². The molecular weight excluding hydrogens is 631 g/mol. The number of alkyl carbamates (subject to hydrolysis) is 1. The number of nitrogens with one attached hydrogen (secondary N) is 2. The van der Waals surface area contributed by atoms with Gasteiger partial charge in [0.05, 0.1) is 0 Å². The molecule has 0 fully saturated rings. The van der Waals surface area contributed by atoms with Gasteiger partial charge in [-0.05, 0) is 41.5 Å². The molecule has 1 unspecified atom stereocenters. The molecule has 45 heavy (non-hydrogen) atoms. The van der Waals surface area contributed by atoms with E-state index in [2.05, 4.69) is 10.1 Å². The summed E-state index contributed by atoms with van der Waals surface area (Å²) in [4.78, 5) is 36.9. The lowest BCUT2D eigenvalue weighted by molar-refractivity contribution is -0.139. The number of benzene rings is 3. The Morgan fingerprint density at radius 2 is 1.36 bits per heavy atom.